The minimum atomic E-state index is -0.739. The Balaban J connectivity index is 2.11. The Labute approximate surface area is 225 Å². The van der Waals surface area contributed by atoms with Crippen LogP contribution in [0.1, 0.15) is 51.5 Å². The van der Waals surface area contributed by atoms with E-state index in [-0.39, 0.29) is 24.3 Å². The minimum Gasteiger partial charge on any atom is -0.350 e. The molecule has 0 bridgehead atoms. The summed E-state index contributed by atoms with van der Waals surface area (Å²) in [7, 11) is 0. The molecule has 3 amide bonds. The van der Waals surface area contributed by atoms with Gasteiger partial charge in [-0.1, -0.05) is 58.6 Å². The SMILES string of the molecule is C=C(CN(CC)CC)C(=O)NC[C@@H](NC(=O)[C@H](Cc1cc2ccc(CC)cc2s1)NC(C)=O)C(=C)CC. The van der Waals surface area contributed by atoms with Gasteiger partial charge in [-0.25, -0.2) is 0 Å². The van der Waals surface area contributed by atoms with Crippen molar-refractivity contribution >= 4 is 39.1 Å². The van der Waals surface area contributed by atoms with Crippen molar-refractivity contribution in [3.8, 4) is 0 Å². The zero-order valence-corrected chi connectivity index (χ0v) is 23.7. The molecule has 37 heavy (non-hydrogen) atoms. The fourth-order valence-corrected chi connectivity index (χ4v) is 5.21. The van der Waals surface area contributed by atoms with Crippen molar-refractivity contribution in [2.24, 2.45) is 0 Å². The molecule has 2 rings (SSSR count). The van der Waals surface area contributed by atoms with Gasteiger partial charge in [0, 0.05) is 41.6 Å². The van der Waals surface area contributed by atoms with E-state index < -0.39 is 12.1 Å². The second-order valence-corrected chi connectivity index (χ2v) is 10.4. The third-order valence-electron chi connectivity index (χ3n) is 6.50. The molecule has 8 heteroatoms. The summed E-state index contributed by atoms with van der Waals surface area (Å²) in [4.78, 5) is 41.0. The van der Waals surface area contributed by atoms with Crippen molar-refractivity contribution in [1.29, 1.82) is 0 Å². The smallest absolute Gasteiger partial charge is 0.248 e. The van der Waals surface area contributed by atoms with E-state index in [1.54, 1.807) is 11.3 Å². The van der Waals surface area contributed by atoms with Crippen LogP contribution >= 0.6 is 11.3 Å². The van der Waals surface area contributed by atoms with Crippen LogP contribution in [-0.2, 0) is 27.2 Å². The number of carbonyl (C=O) groups excluding carboxylic acids is 3. The molecular formula is C29H42N4O3S. The second kappa shape index (κ2) is 14.7. The van der Waals surface area contributed by atoms with Crippen LogP contribution in [0.3, 0.4) is 0 Å². The van der Waals surface area contributed by atoms with E-state index in [0.29, 0.717) is 25.0 Å². The van der Waals surface area contributed by atoms with Gasteiger partial charge in [-0.15, -0.1) is 11.3 Å². The lowest BCUT2D eigenvalue weighted by Crippen LogP contribution is -2.53. The van der Waals surface area contributed by atoms with Gasteiger partial charge in [-0.3, -0.25) is 19.3 Å². The Bertz CT molecular complexity index is 1120. The minimum absolute atomic E-state index is 0.198. The average molecular weight is 527 g/mol. The van der Waals surface area contributed by atoms with Crippen molar-refractivity contribution in [3.05, 3.63) is 59.0 Å². The van der Waals surface area contributed by atoms with Crippen LogP contribution in [0.4, 0.5) is 0 Å². The number of amides is 3. The summed E-state index contributed by atoms with van der Waals surface area (Å²) in [6.07, 6.45) is 1.98. The Morgan fingerprint density at radius 2 is 1.70 bits per heavy atom. The fraction of sp³-hybridized carbons (Fsp3) is 0.483. The van der Waals surface area contributed by atoms with Gasteiger partial charge in [-0.2, -0.15) is 0 Å². The summed E-state index contributed by atoms with van der Waals surface area (Å²) >= 11 is 1.64. The summed E-state index contributed by atoms with van der Waals surface area (Å²) in [5.74, 6) is -0.829. The maximum absolute atomic E-state index is 13.3. The number of nitrogens with one attached hydrogen (secondary N) is 3. The van der Waals surface area contributed by atoms with Crippen LogP contribution in [0.2, 0.25) is 0 Å². The first-order valence-electron chi connectivity index (χ1n) is 13.1. The van der Waals surface area contributed by atoms with Gasteiger partial charge in [0.1, 0.15) is 6.04 Å². The zero-order valence-electron chi connectivity index (χ0n) is 22.9. The largest absolute Gasteiger partial charge is 0.350 e. The van der Waals surface area contributed by atoms with Crippen LogP contribution in [0.5, 0.6) is 0 Å². The molecule has 0 saturated carbocycles. The molecule has 0 spiro atoms. The number of rotatable bonds is 15. The highest BCUT2D eigenvalue weighted by Crippen LogP contribution is 2.28. The number of hydrogen-bond donors (Lipinski definition) is 3. The first-order valence-corrected chi connectivity index (χ1v) is 13.9. The number of hydrogen-bond acceptors (Lipinski definition) is 5. The molecule has 1 heterocycles. The highest BCUT2D eigenvalue weighted by molar-refractivity contribution is 7.19. The van der Waals surface area contributed by atoms with E-state index in [0.717, 1.165) is 35.3 Å². The van der Waals surface area contributed by atoms with Crippen molar-refractivity contribution < 1.29 is 14.4 Å². The predicted molar refractivity (Wildman–Crippen MR) is 154 cm³/mol. The fourth-order valence-electron chi connectivity index (χ4n) is 4.03. The van der Waals surface area contributed by atoms with E-state index in [9.17, 15) is 14.4 Å². The van der Waals surface area contributed by atoms with E-state index in [1.807, 2.05) is 20.8 Å². The van der Waals surface area contributed by atoms with Crippen LogP contribution in [-0.4, -0.2) is 60.9 Å². The van der Waals surface area contributed by atoms with Gasteiger partial charge in [0.2, 0.25) is 17.7 Å². The Kier molecular flexibility index (Phi) is 12.0. The van der Waals surface area contributed by atoms with Gasteiger partial charge in [-0.05, 0) is 49.0 Å². The summed E-state index contributed by atoms with van der Waals surface area (Å²) in [6, 6.07) is 7.26. The van der Waals surface area contributed by atoms with Crippen LogP contribution in [0.15, 0.2) is 48.6 Å². The molecule has 0 aliphatic rings. The van der Waals surface area contributed by atoms with Crippen molar-refractivity contribution in [2.45, 2.75) is 66.0 Å². The topological polar surface area (TPSA) is 90.5 Å². The van der Waals surface area contributed by atoms with E-state index in [4.69, 9.17) is 0 Å². The highest BCUT2D eigenvalue weighted by atomic mass is 32.1. The van der Waals surface area contributed by atoms with Gasteiger partial charge < -0.3 is 16.0 Å². The molecule has 0 fully saturated rings. The molecule has 0 unspecified atom stereocenters. The van der Waals surface area contributed by atoms with Gasteiger partial charge in [0.15, 0.2) is 0 Å². The van der Waals surface area contributed by atoms with E-state index >= 15 is 0 Å². The molecule has 7 nitrogen and oxygen atoms in total. The molecule has 2 aromatic rings. The van der Waals surface area contributed by atoms with Gasteiger partial charge in [0.25, 0.3) is 0 Å². The lowest BCUT2D eigenvalue weighted by atomic mass is 10.0. The van der Waals surface area contributed by atoms with Crippen molar-refractivity contribution in [2.75, 3.05) is 26.2 Å². The van der Waals surface area contributed by atoms with Gasteiger partial charge >= 0.3 is 0 Å². The molecule has 0 aliphatic carbocycles. The standard InChI is InChI=1S/C29H42N4O3S/c1-8-19(5)26(17-30-28(35)20(6)18-33(10-3)11-4)32-29(36)25(31-21(7)34)16-24-15-23-13-12-22(9-2)14-27(23)37-24/h12-15,25-26H,5-6,8-11,16-18H2,1-4,7H3,(H,30,35)(H,31,34)(H,32,36)/t25-,26+/m0/s1. The molecule has 0 saturated heterocycles. The molecule has 1 aromatic carbocycles. The monoisotopic (exact) mass is 526 g/mol. The van der Waals surface area contributed by atoms with E-state index in [2.05, 4.69) is 65.2 Å². The Hall–Kier alpha value is -2.97. The van der Waals surface area contributed by atoms with Gasteiger partial charge in [0.05, 0.1) is 6.04 Å². The lowest BCUT2D eigenvalue weighted by Gasteiger charge is -2.25. The Morgan fingerprint density at radius 3 is 2.30 bits per heavy atom. The number of likely N-dealkylation sites (N-methyl/N-ethyl adjacent to an activating group) is 1. The van der Waals surface area contributed by atoms with Crippen LogP contribution in [0.25, 0.3) is 10.1 Å². The maximum Gasteiger partial charge on any atom is 0.248 e. The normalized spacial score (nSPS) is 12.7. The molecule has 2 atom stereocenters. The molecular weight excluding hydrogens is 484 g/mol. The number of aryl methyl sites for hydroxylation is 1. The maximum atomic E-state index is 13.3. The molecule has 3 N–H and O–H groups in total. The number of benzene rings is 1. The molecule has 0 aliphatic heterocycles. The quantitative estimate of drug-likeness (QED) is 0.242. The third kappa shape index (κ3) is 9.13. The highest BCUT2D eigenvalue weighted by Gasteiger charge is 2.25. The van der Waals surface area contributed by atoms with Crippen LogP contribution in [0, 0.1) is 0 Å². The molecule has 0 radical (unpaired) electrons. The number of thiophene rings is 1. The predicted octanol–water partition coefficient (Wildman–Crippen LogP) is 3.98. The summed E-state index contributed by atoms with van der Waals surface area (Å²) in [6.45, 7) is 19.9. The third-order valence-corrected chi connectivity index (χ3v) is 7.62. The zero-order chi connectivity index (χ0) is 27.5. The van der Waals surface area contributed by atoms with Crippen LogP contribution < -0.4 is 16.0 Å². The summed E-state index contributed by atoms with van der Waals surface area (Å²) in [5, 5.41) is 9.81. The number of fused-ring (bicyclic) bond motifs is 1. The molecule has 202 valence electrons. The lowest BCUT2D eigenvalue weighted by molar-refractivity contribution is -0.128. The average Bonchev–Trinajstić information content (AvgIpc) is 3.29. The first kappa shape index (κ1) is 30.3. The second-order valence-electron chi connectivity index (χ2n) is 9.24. The first-order chi connectivity index (χ1) is 17.6. The van der Waals surface area contributed by atoms with Crippen molar-refractivity contribution in [1.82, 2.24) is 20.9 Å². The summed E-state index contributed by atoms with van der Waals surface area (Å²) in [5.41, 5.74) is 2.53. The van der Waals surface area contributed by atoms with E-state index in [1.165, 1.54) is 17.2 Å². The Morgan fingerprint density at radius 1 is 1.00 bits per heavy atom. The number of carbonyl (C=O) groups is 3. The summed E-state index contributed by atoms with van der Waals surface area (Å²) < 4.78 is 1.17. The number of nitrogens with zero attached hydrogens (tertiary/aromatic N) is 1. The van der Waals surface area contributed by atoms with Crippen molar-refractivity contribution in [3.63, 3.8) is 0 Å². The molecule has 1 aromatic heterocycles.